The topological polar surface area (TPSA) is 80.8 Å². The number of nitrogens with zero attached hydrogens (tertiary/aromatic N) is 1. The van der Waals surface area contributed by atoms with Crippen molar-refractivity contribution in [1.82, 2.24) is 0 Å². The highest BCUT2D eigenvalue weighted by Gasteiger charge is 2.23. The molecule has 30 heavy (non-hydrogen) atoms. The van der Waals surface area contributed by atoms with Crippen LogP contribution in [0.5, 0.6) is 0 Å². The minimum absolute atomic E-state index is 0.0245. The Morgan fingerprint density at radius 1 is 0.900 bits per heavy atom. The Bertz CT molecular complexity index is 1180. The van der Waals surface area contributed by atoms with Gasteiger partial charge in [0.25, 0.3) is 10.0 Å². The van der Waals surface area contributed by atoms with Crippen molar-refractivity contribution in [1.29, 1.82) is 0 Å². The first kappa shape index (κ1) is 21.5. The van der Waals surface area contributed by atoms with E-state index >= 15 is 0 Å². The number of carbonyl (C=O) groups excluding carboxylic acids is 2. The maximum Gasteiger partial charge on any atom is 0.338 e. The van der Waals surface area contributed by atoms with Gasteiger partial charge in [-0.2, -0.15) is 0 Å². The quantitative estimate of drug-likeness (QED) is 0.403. The molecule has 0 spiro atoms. The summed E-state index contributed by atoms with van der Waals surface area (Å²) in [6.07, 6.45) is 0. The van der Waals surface area contributed by atoms with Crippen molar-refractivity contribution < 1.29 is 22.7 Å². The highest BCUT2D eigenvalue weighted by atomic mass is 35.5. The van der Waals surface area contributed by atoms with Gasteiger partial charge in [-0.05, 0) is 42.5 Å². The highest BCUT2D eigenvalue weighted by molar-refractivity contribution is 7.92. The van der Waals surface area contributed by atoms with Crippen LogP contribution in [-0.2, 0) is 14.8 Å². The summed E-state index contributed by atoms with van der Waals surface area (Å²) in [5.74, 6) is -1.22. The number of ether oxygens (including phenoxy) is 1. The molecule has 0 amide bonds. The molecule has 3 aromatic rings. The van der Waals surface area contributed by atoms with E-state index in [-0.39, 0.29) is 10.5 Å². The molecule has 0 aliphatic rings. The number of hydrogen-bond donors (Lipinski definition) is 0. The van der Waals surface area contributed by atoms with Crippen LogP contribution in [0.2, 0.25) is 5.02 Å². The molecule has 3 rings (SSSR count). The predicted octanol–water partition coefficient (Wildman–Crippen LogP) is 4.20. The van der Waals surface area contributed by atoms with Gasteiger partial charge in [-0.25, -0.2) is 13.2 Å². The molecule has 0 saturated carbocycles. The summed E-state index contributed by atoms with van der Waals surface area (Å²) in [7, 11) is -2.45. The summed E-state index contributed by atoms with van der Waals surface area (Å²) < 4.78 is 32.0. The Hall–Kier alpha value is -3.16. The number of hydrogen-bond acceptors (Lipinski definition) is 5. The molecule has 0 aromatic heterocycles. The van der Waals surface area contributed by atoms with Gasteiger partial charge in [0.1, 0.15) is 0 Å². The van der Waals surface area contributed by atoms with Gasteiger partial charge in [-0.15, -0.1) is 0 Å². The fraction of sp³-hybridized carbons (Fsp3) is 0.0909. The van der Waals surface area contributed by atoms with Crippen molar-refractivity contribution in [2.75, 3.05) is 18.0 Å². The number of rotatable bonds is 7. The third kappa shape index (κ3) is 4.87. The predicted molar refractivity (Wildman–Crippen MR) is 115 cm³/mol. The summed E-state index contributed by atoms with van der Waals surface area (Å²) in [4.78, 5) is 24.5. The average molecular weight is 444 g/mol. The van der Waals surface area contributed by atoms with Gasteiger partial charge in [0.05, 0.1) is 16.1 Å². The van der Waals surface area contributed by atoms with E-state index in [1.165, 1.54) is 37.4 Å². The average Bonchev–Trinajstić information content (AvgIpc) is 2.77. The Morgan fingerprint density at radius 2 is 1.57 bits per heavy atom. The Balaban J connectivity index is 1.74. The van der Waals surface area contributed by atoms with Crippen LogP contribution in [0.3, 0.4) is 0 Å². The zero-order valence-electron chi connectivity index (χ0n) is 16.0. The third-order valence-corrected chi connectivity index (χ3v) is 6.35. The molecule has 3 aromatic carbocycles. The summed E-state index contributed by atoms with van der Waals surface area (Å²) in [6, 6.07) is 20.3. The standard InChI is InChI=1S/C22H18ClNO5S/c1-24(19-10-3-2-4-11-19)30(27,28)20-12-6-8-17(14-20)22(26)29-15-21(25)16-7-5-9-18(23)13-16/h2-14H,15H2,1H3. The van der Waals surface area contributed by atoms with Crippen molar-refractivity contribution in [2.24, 2.45) is 0 Å². The number of Topliss-reactive ketones (excluding diaryl/α,β-unsaturated/α-hetero) is 1. The second kappa shape index (κ2) is 9.11. The normalized spacial score (nSPS) is 11.0. The van der Waals surface area contributed by atoms with E-state index < -0.39 is 28.4 Å². The van der Waals surface area contributed by atoms with Gasteiger partial charge >= 0.3 is 5.97 Å². The minimum Gasteiger partial charge on any atom is -0.454 e. The number of ketones is 1. The SMILES string of the molecule is CN(c1ccccc1)S(=O)(=O)c1cccc(C(=O)OCC(=O)c2cccc(Cl)c2)c1. The van der Waals surface area contributed by atoms with Crippen LogP contribution in [0, 0.1) is 0 Å². The number of carbonyl (C=O) groups is 2. The van der Waals surface area contributed by atoms with Crippen LogP contribution in [-0.4, -0.2) is 33.8 Å². The van der Waals surface area contributed by atoms with Crippen molar-refractivity contribution in [2.45, 2.75) is 4.90 Å². The van der Waals surface area contributed by atoms with Crippen molar-refractivity contribution in [3.63, 3.8) is 0 Å². The Morgan fingerprint density at radius 3 is 2.27 bits per heavy atom. The molecule has 0 saturated heterocycles. The summed E-state index contributed by atoms with van der Waals surface area (Å²) >= 11 is 5.86. The third-order valence-electron chi connectivity index (χ3n) is 4.33. The van der Waals surface area contributed by atoms with Crippen LogP contribution >= 0.6 is 11.6 Å². The molecule has 0 aliphatic carbocycles. The van der Waals surface area contributed by atoms with Crippen LogP contribution in [0.4, 0.5) is 5.69 Å². The molecule has 0 radical (unpaired) electrons. The van der Waals surface area contributed by atoms with E-state index in [4.69, 9.17) is 16.3 Å². The molecule has 0 aliphatic heterocycles. The smallest absolute Gasteiger partial charge is 0.338 e. The maximum absolute atomic E-state index is 12.9. The number of esters is 1. The van der Waals surface area contributed by atoms with Gasteiger partial charge in [0, 0.05) is 17.6 Å². The molecule has 154 valence electrons. The van der Waals surface area contributed by atoms with Gasteiger partial charge < -0.3 is 4.74 Å². The summed E-state index contributed by atoms with van der Waals surface area (Å²) in [5.41, 5.74) is 0.824. The van der Waals surface area contributed by atoms with Gasteiger partial charge in [0.15, 0.2) is 12.4 Å². The summed E-state index contributed by atoms with van der Waals surface area (Å²) in [5, 5.41) is 0.396. The lowest BCUT2D eigenvalue weighted by Gasteiger charge is -2.19. The molecule has 0 unspecified atom stereocenters. The van der Waals surface area contributed by atoms with Gasteiger partial charge in [0.2, 0.25) is 0 Å². The zero-order valence-corrected chi connectivity index (χ0v) is 17.6. The second-order valence-corrected chi connectivity index (χ2v) is 8.75. The van der Waals surface area contributed by atoms with E-state index in [1.807, 2.05) is 0 Å². The lowest BCUT2D eigenvalue weighted by Crippen LogP contribution is -2.26. The largest absolute Gasteiger partial charge is 0.454 e. The number of benzene rings is 3. The van der Waals surface area contributed by atoms with E-state index in [0.29, 0.717) is 16.3 Å². The van der Waals surface area contributed by atoms with Crippen LogP contribution < -0.4 is 4.31 Å². The molecule has 6 nitrogen and oxygen atoms in total. The number of para-hydroxylation sites is 1. The number of halogens is 1. The lowest BCUT2D eigenvalue weighted by molar-refractivity contribution is 0.0474. The summed E-state index contributed by atoms with van der Waals surface area (Å²) in [6.45, 7) is -0.486. The molecule has 0 N–H and O–H groups in total. The van der Waals surface area contributed by atoms with Crippen molar-refractivity contribution in [3.05, 3.63) is 95.0 Å². The Kier molecular flexibility index (Phi) is 6.54. The maximum atomic E-state index is 12.9. The van der Waals surface area contributed by atoms with Gasteiger partial charge in [-0.3, -0.25) is 9.10 Å². The molecular formula is C22H18ClNO5S. The molecule has 0 atom stereocenters. The first-order valence-electron chi connectivity index (χ1n) is 8.89. The van der Waals surface area contributed by atoms with E-state index in [1.54, 1.807) is 48.5 Å². The van der Waals surface area contributed by atoms with Crippen LogP contribution in [0.1, 0.15) is 20.7 Å². The second-order valence-electron chi connectivity index (χ2n) is 6.35. The van der Waals surface area contributed by atoms with Crippen LogP contribution in [0.15, 0.2) is 83.8 Å². The van der Waals surface area contributed by atoms with Crippen molar-refractivity contribution in [3.8, 4) is 0 Å². The number of anilines is 1. The first-order valence-corrected chi connectivity index (χ1v) is 10.7. The Labute approximate surface area is 179 Å². The molecule has 0 fully saturated rings. The minimum atomic E-state index is -3.88. The fourth-order valence-electron chi connectivity index (χ4n) is 2.68. The highest BCUT2D eigenvalue weighted by Crippen LogP contribution is 2.22. The first-order chi connectivity index (χ1) is 14.3. The molecule has 0 bridgehead atoms. The number of sulfonamides is 1. The monoisotopic (exact) mass is 443 g/mol. The molecule has 8 heteroatoms. The van der Waals surface area contributed by atoms with E-state index in [9.17, 15) is 18.0 Å². The lowest BCUT2D eigenvalue weighted by atomic mass is 10.1. The molecular weight excluding hydrogens is 426 g/mol. The van der Waals surface area contributed by atoms with Crippen LogP contribution in [0.25, 0.3) is 0 Å². The van der Waals surface area contributed by atoms with Gasteiger partial charge in [-0.1, -0.05) is 48.0 Å². The van der Waals surface area contributed by atoms with Crippen molar-refractivity contribution >= 4 is 39.1 Å². The van der Waals surface area contributed by atoms with E-state index in [0.717, 1.165) is 4.31 Å². The zero-order chi connectivity index (χ0) is 21.7. The van der Waals surface area contributed by atoms with E-state index in [2.05, 4.69) is 0 Å². The fourth-order valence-corrected chi connectivity index (χ4v) is 4.11. The molecule has 0 heterocycles.